The molecule has 0 bridgehead atoms. The van der Waals surface area contributed by atoms with Crippen molar-refractivity contribution in [2.24, 2.45) is 0 Å². The summed E-state index contributed by atoms with van der Waals surface area (Å²) in [6.45, 7) is 7.52. The molecule has 0 amide bonds. The van der Waals surface area contributed by atoms with Crippen LogP contribution < -0.4 is 5.32 Å². The van der Waals surface area contributed by atoms with Crippen LogP contribution in [0.4, 0.5) is 0 Å². The smallest absolute Gasteiger partial charge is 0.164 e. The van der Waals surface area contributed by atoms with Crippen LogP contribution in [0, 0.1) is 0 Å². The first kappa shape index (κ1) is 15.3. The Morgan fingerprint density at radius 2 is 2.00 bits per heavy atom. The van der Waals surface area contributed by atoms with Gasteiger partial charge in [0.2, 0.25) is 0 Å². The van der Waals surface area contributed by atoms with Crippen LogP contribution in [0.15, 0.2) is 24.5 Å². The Hall–Kier alpha value is -1.10. The lowest BCUT2D eigenvalue weighted by atomic mass is 10.1. The molecule has 108 valence electrons. The van der Waals surface area contributed by atoms with Gasteiger partial charge < -0.3 is 5.32 Å². The third-order valence-electron chi connectivity index (χ3n) is 2.70. The van der Waals surface area contributed by atoms with Crippen LogP contribution >= 0.6 is 23.2 Å². The first-order valence-electron chi connectivity index (χ1n) is 6.41. The fraction of sp³-hybridized carbons (Fsp3) is 0.429. The van der Waals surface area contributed by atoms with Gasteiger partial charge in [0, 0.05) is 15.6 Å². The molecule has 0 atom stereocenters. The van der Waals surface area contributed by atoms with E-state index in [1.54, 1.807) is 23.1 Å². The molecule has 1 aromatic heterocycles. The minimum absolute atomic E-state index is 0.0434. The molecule has 2 rings (SSSR count). The first-order valence-corrected chi connectivity index (χ1v) is 7.16. The molecule has 0 spiro atoms. The van der Waals surface area contributed by atoms with Crippen molar-refractivity contribution in [2.45, 2.75) is 39.4 Å². The van der Waals surface area contributed by atoms with Gasteiger partial charge in [-0.05, 0) is 44.5 Å². The average Bonchev–Trinajstić information content (AvgIpc) is 2.78. The van der Waals surface area contributed by atoms with Crippen LogP contribution in [-0.2, 0) is 13.1 Å². The summed E-state index contributed by atoms with van der Waals surface area (Å²) in [5, 5.41) is 9.12. The van der Waals surface area contributed by atoms with E-state index in [1.165, 1.54) is 0 Å². The SMILES string of the molecule is CC(C)(C)NCc1ncn(Cc2cc(Cl)ccc2Cl)n1. The van der Waals surface area contributed by atoms with E-state index in [0.717, 1.165) is 11.4 Å². The van der Waals surface area contributed by atoms with Crippen molar-refractivity contribution < 1.29 is 0 Å². The van der Waals surface area contributed by atoms with Crippen LogP contribution in [0.5, 0.6) is 0 Å². The van der Waals surface area contributed by atoms with Gasteiger partial charge in [-0.15, -0.1) is 0 Å². The molecule has 0 saturated heterocycles. The third kappa shape index (κ3) is 4.47. The molecule has 0 aliphatic carbocycles. The minimum atomic E-state index is 0.0434. The van der Waals surface area contributed by atoms with E-state index >= 15 is 0 Å². The molecular weight excluding hydrogens is 295 g/mol. The van der Waals surface area contributed by atoms with Gasteiger partial charge in [0.15, 0.2) is 5.82 Å². The molecule has 1 N–H and O–H groups in total. The number of hydrogen-bond donors (Lipinski definition) is 1. The summed E-state index contributed by atoms with van der Waals surface area (Å²) in [6, 6.07) is 5.41. The van der Waals surface area contributed by atoms with Gasteiger partial charge in [-0.3, -0.25) is 0 Å². The number of hydrogen-bond acceptors (Lipinski definition) is 3. The maximum Gasteiger partial charge on any atom is 0.164 e. The number of aromatic nitrogens is 3. The zero-order valence-corrected chi connectivity index (χ0v) is 13.3. The lowest BCUT2D eigenvalue weighted by molar-refractivity contribution is 0.417. The Morgan fingerprint density at radius 1 is 1.25 bits per heavy atom. The van der Waals surface area contributed by atoms with Crippen LogP contribution in [0.3, 0.4) is 0 Å². The standard InChI is InChI=1S/C14H18Cl2N4/c1-14(2,3)18-7-13-17-9-20(19-13)8-10-6-11(15)4-5-12(10)16/h4-6,9,18H,7-8H2,1-3H3. The monoisotopic (exact) mass is 312 g/mol. The Morgan fingerprint density at radius 3 is 2.70 bits per heavy atom. The van der Waals surface area contributed by atoms with Crippen molar-refractivity contribution in [2.75, 3.05) is 0 Å². The molecule has 1 aromatic carbocycles. The van der Waals surface area contributed by atoms with Crippen molar-refractivity contribution in [3.05, 3.63) is 46.0 Å². The zero-order valence-electron chi connectivity index (χ0n) is 11.8. The minimum Gasteiger partial charge on any atom is -0.305 e. The Labute approximate surface area is 129 Å². The van der Waals surface area contributed by atoms with Gasteiger partial charge in [-0.25, -0.2) is 9.67 Å². The highest BCUT2D eigenvalue weighted by Gasteiger charge is 2.11. The lowest BCUT2D eigenvalue weighted by Gasteiger charge is -2.19. The van der Waals surface area contributed by atoms with E-state index < -0.39 is 0 Å². The second-order valence-corrected chi connectivity index (χ2v) is 6.54. The third-order valence-corrected chi connectivity index (χ3v) is 3.30. The van der Waals surface area contributed by atoms with Crippen molar-refractivity contribution >= 4 is 23.2 Å². The summed E-state index contributed by atoms with van der Waals surface area (Å²) in [6.07, 6.45) is 1.71. The molecule has 0 saturated carbocycles. The quantitative estimate of drug-likeness (QED) is 0.939. The largest absolute Gasteiger partial charge is 0.305 e. The number of benzene rings is 1. The molecule has 1 heterocycles. The number of halogens is 2. The molecule has 0 fully saturated rings. The summed E-state index contributed by atoms with van der Waals surface area (Å²) >= 11 is 12.1. The van der Waals surface area contributed by atoms with Crippen LogP contribution in [0.2, 0.25) is 10.0 Å². The molecule has 0 aliphatic heterocycles. The molecule has 6 heteroatoms. The predicted molar refractivity (Wildman–Crippen MR) is 82.2 cm³/mol. The fourth-order valence-corrected chi connectivity index (χ4v) is 2.05. The lowest BCUT2D eigenvalue weighted by Crippen LogP contribution is -2.35. The van der Waals surface area contributed by atoms with Gasteiger partial charge in [0.25, 0.3) is 0 Å². The van der Waals surface area contributed by atoms with E-state index in [1.807, 2.05) is 6.07 Å². The highest BCUT2D eigenvalue weighted by molar-refractivity contribution is 6.33. The highest BCUT2D eigenvalue weighted by Crippen LogP contribution is 2.21. The topological polar surface area (TPSA) is 42.7 Å². The second-order valence-electron chi connectivity index (χ2n) is 5.70. The second kappa shape index (κ2) is 6.12. The molecule has 4 nitrogen and oxygen atoms in total. The molecule has 0 radical (unpaired) electrons. The van der Waals surface area contributed by atoms with Crippen molar-refractivity contribution in [1.82, 2.24) is 20.1 Å². The predicted octanol–water partition coefficient (Wildman–Crippen LogP) is 3.52. The fourth-order valence-electron chi connectivity index (χ4n) is 1.67. The first-order chi connectivity index (χ1) is 9.33. The Bertz CT molecular complexity index is 587. The molecule has 20 heavy (non-hydrogen) atoms. The maximum absolute atomic E-state index is 6.14. The van der Waals surface area contributed by atoms with Crippen LogP contribution in [-0.4, -0.2) is 20.3 Å². The van der Waals surface area contributed by atoms with Crippen molar-refractivity contribution in [1.29, 1.82) is 0 Å². The van der Waals surface area contributed by atoms with Gasteiger partial charge >= 0.3 is 0 Å². The summed E-state index contributed by atoms with van der Waals surface area (Å²) in [5.41, 5.74) is 0.973. The van der Waals surface area contributed by atoms with Crippen LogP contribution in [0.25, 0.3) is 0 Å². The van der Waals surface area contributed by atoms with Crippen molar-refractivity contribution in [3.63, 3.8) is 0 Å². The number of rotatable bonds is 4. The van der Waals surface area contributed by atoms with E-state index in [0.29, 0.717) is 23.1 Å². The summed E-state index contributed by atoms with van der Waals surface area (Å²) in [7, 11) is 0. The zero-order chi connectivity index (χ0) is 14.8. The van der Waals surface area contributed by atoms with Gasteiger partial charge in [-0.2, -0.15) is 5.10 Å². The van der Waals surface area contributed by atoms with E-state index in [2.05, 4.69) is 36.2 Å². The van der Waals surface area contributed by atoms with Gasteiger partial charge in [-0.1, -0.05) is 23.2 Å². The molecular formula is C14H18Cl2N4. The summed E-state index contributed by atoms with van der Waals surface area (Å²) in [5.74, 6) is 0.762. The molecule has 2 aromatic rings. The number of nitrogens with one attached hydrogen (secondary N) is 1. The highest BCUT2D eigenvalue weighted by atomic mass is 35.5. The van der Waals surface area contributed by atoms with E-state index in [-0.39, 0.29) is 5.54 Å². The van der Waals surface area contributed by atoms with Gasteiger partial charge in [0.05, 0.1) is 13.1 Å². The van der Waals surface area contributed by atoms with Gasteiger partial charge in [0.1, 0.15) is 6.33 Å². The maximum atomic E-state index is 6.14. The molecule has 0 unspecified atom stereocenters. The summed E-state index contributed by atoms with van der Waals surface area (Å²) < 4.78 is 1.76. The summed E-state index contributed by atoms with van der Waals surface area (Å²) in [4.78, 5) is 4.28. The van der Waals surface area contributed by atoms with E-state index in [4.69, 9.17) is 23.2 Å². The molecule has 0 aliphatic rings. The van der Waals surface area contributed by atoms with E-state index in [9.17, 15) is 0 Å². The van der Waals surface area contributed by atoms with Crippen LogP contribution in [0.1, 0.15) is 32.2 Å². The average molecular weight is 313 g/mol. The normalized spacial score (nSPS) is 11.8. The van der Waals surface area contributed by atoms with Crippen molar-refractivity contribution in [3.8, 4) is 0 Å². The Kier molecular flexibility index (Phi) is 4.68. The number of nitrogens with zero attached hydrogens (tertiary/aromatic N) is 3. The Balaban J connectivity index is 2.04.